The Hall–Kier alpha value is -3.18. The number of ether oxygens (including phenoxy) is 1. The van der Waals surface area contributed by atoms with E-state index in [1.807, 2.05) is 12.1 Å². The Balaban J connectivity index is 2.15. The third-order valence-electron chi connectivity index (χ3n) is 3.30. The Morgan fingerprint density at radius 1 is 1.10 bits per heavy atom. The Morgan fingerprint density at radius 2 is 1.85 bits per heavy atom. The van der Waals surface area contributed by atoms with Crippen LogP contribution < -0.4 is 10.5 Å². The van der Waals surface area contributed by atoms with Crippen molar-refractivity contribution in [2.75, 3.05) is 0 Å². The van der Waals surface area contributed by atoms with Gasteiger partial charge in [-0.05, 0) is 23.8 Å². The number of aromatic nitrogens is 1. The van der Waals surface area contributed by atoms with Crippen LogP contribution >= 0.6 is 0 Å². The van der Waals surface area contributed by atoms with Crippen molar-refractivity contribution < 1.29 is 4.74 Å². The monoisotopic (exact) mass is 262 g/mol. The molecule has 1 atom stereocenters. The second-order valence-electron chi connectivity index (χ2n) is 4.41. The number of rotatable bonds is 1. The van der Waals surface area contributed by atoms with E-state index >= 15 is 0 Å². The number of nitrogens with zero attached hydrogens (tertiary/aromatic N) is 2. The van der Waals surface area contributed by atoms with E-state index in [0.717, 1.165) is 11.3 Å². The van der Waals surface area contributed by atoms with Crippen molar-refractivity contribution in [3.8, 4) is 17.9 Å². The minimum absolute atomic E-state index is 0.119. The Labute approximate surface area is 115 Å². The summed E-state index contributed by atoms with van der Waals surface area (Å²) in [7, 11) is 0. The lowest BCUT2D eigenvalue weighted by molar-refractivity contribution is 0.393. The number of hydrogen-bond acceptors (Lipinski definition) is 4. The largest absolute Gasteiger partial charge is 0.439 e. The van der Waals surface area contributed by atoms with Gasteiger partial charge in [-0.15, -0.1) is 0 Å². The molecule has 0 saturated carbocycles. The van der Waals surface area contributed by atoms with Crippen LogP contribution in [0.2, 0.25) is 0 Å². The molecular weight excluding hydrogens is 252 g/mol. The number of allylic oxidation sites excluding steroid dienone is 1. The predicted octanol–water partition coefficient (Wildman–Crippen LogP) is 2.10. The summed E-state index contributed by atoms with van der Waals surface area (Å²) in [5.41, 5.74) is 8.43. The Bertz CT molecular complexity index is 771. The summed E-state index contributed by atoms with van der Waals surface area (Å²) in [5, 5.41) is 18.2. The van der Waals surface area contributed by atoms with E-state index in [1.165, 1.54) is 0 Å². The minimum atomic E-state index is -0.300. The smallest absolute Gasteiger partial charge is 0.205 e. The first kappa shape index (κ1) is 11.9. The molecule has 5 heteroatoms. The highest BCUT2D eigenvalue weighted by Gasteiger charge is 2.31. The van der Waals surface area contributed by atoms with Gasteiger partial charge in [0.15, 0.2) is 5.75 Å². The minimum Gasteiger partial charge on any atom is -0.439 e. The van der Waals surface area contributed by atoms with Gasteiger partial charge >= 0.3 is 0 Å². The predicted molar refractivity (Wildman–Crippen MR) is 71.2 cm³/mol. The van der Waals surface area contributed by atoms with E-state index in [1.54, 1.807) is 24.4 Å². The number of H-pyrrole nitrogens is 1. The molecule has 1 aromatic heterocycles. The highest BCUT2D eigenvalue weighted by atomic mass is 16.5. The first-order valence-electron chi connectivity index (χ1n) is 5.99. The van der Waals surface area contributed by atoms with Crippen LogP contribution in [0.5, 0.6) is 5.75 Å². The molecule has 2 aromatic rings. The molecule has 1 aliphatic rings. The van der Waals surface area contributed by atoms with E-state index in [9.17, 15) is 5.26 Å². The summed E-state index contributed by atoms with van der Waals surface area (Å²) in [4.78, 5) is 3.09. The highest BCUT2D eigenvalue weighted by Crippen LogP contribution is 2.40. The molecule has 1 aromatic carbocycles. The van der Waals surface area contributed by atoms with Gasteiger partial charge in [-0.3, -0.25) is 0 Å². The van der Waals surface area contributed by atoms with Gasteiger partial charge in [-0.2, -0.15) is 10.5 Å². The van der Waals surface area contributed by atoms with Gasteiger partial charge in [0.05, 0.1) is 23.2 Å². The number of nitriles is 2. The molecule has 0 spiro atoms. The van der Waals surface area contributed by atoms with Crippen molar-refractivity contribution in [2.45, 2.75) is 5.92 Å². The van der Waals surface area contributed by atoms with Gasteiger partial charge in [0.2, 0.25) is 5.88 Å². The van der Waals surface area contributed by atoms with E-state index in [4.69, 9.17) is 15.7 Å². The summed E-state index contributed by atoms with van der Waals surface area (Å²) in [5.74, 6) is 0.441. The van der Waals surface area contributed by atoms with Gasteiger partial charge in [0.25, 0.3) is 0 Å². The second kappa shape index (κ2) is 4.49. The molecule has 96 valence electrons. The molecule has 0 bridgehead atoms. The van der Waals surface area contributed by atoms with Crippen LogP contribution in [0.4, 0.5) is 0 Å². The second-order valence-corrected chi connectivity index (χ2v) is 4.41. The van der Waals surface area contributed by atoms with Crippen molar-refractivity contribution in [2.24, 2.45) is 5.73 Å². The zero-order valence-electron chi connectivity index (χ0n) is 10.4. The highest BCUT2D eigenvalue weighted by molar-refractivity contribution is 5.53. The van der Waals surface area contributed by atoms with Crippen LogP contribution in [-0.2, 0) is 0 Å². The van der Waals surface area contributed by atoms with Gasteiger partial charge in [-0.1, -0.05) is 12.1 Å². The average molecular weight is 262 g/mol. The SMILES string of the molecule is N#CC1=C(N)Oc2cc[nH]c2C1c1ccc(C#N)cc1. The molecule has 1 aliphatic heterocycles. The van der Waals surface area contributed by atoms with Crippen molar-refractivity contribution in [1.82, 2.24) is 4.98 Å². The van der Waals surface area contributed by atoms with E-state index in [0.29, 0.717) is 16.9 Å². The summed E-state index contributed by atoms with van der Waals surface area (Å²) >= 11 is 0. The average Bonchev–Trinajstić information content (AvgIpc) is 2.93. The van der Waals surface area contributed by atoms with Crippen molar-refractivity contribution in [1.29, 1.82) is 10.5 Å². The Morgan fingerprint density at radius 3 is 2.50 bits per heavy atom. The fourth-order valence-electron chi connectivity index (χ4n) is 2.35. The fraction of sp³-hybridized carbons (Fsp3) is 0.0667. The van der Waals surface area contributed by atoms with Crippen LogP contribution in [0, 0.1) is 22.7 Å². The van der Waals surface area contributed by atoms with Crippen LogP contribution in [0.25, 0.3) is 0 Å². The standard InChI is InChI=1S/C15H10N4O/c16-7-9-1-3-10(4-2-9)13-11(8-17)15(18)20-12-5-6-19-14(12)13/h1-6,13,19H,18H2. The van der Waals surface area contributed by atoms with Crippen LogP contribution in [-0.4, -0.2) is 4.98 Å². The molecule has 0 aliphatic carbocycles. The lowest BCUT2D eigenvalue weighted by Crippen LogP contribution is -2.20. The molecule has 1 unspecified atom stereocenters. The number of benzene rings is 1. The van der Waals surface area contributed by atoms with Crippen LogP contribution in [0.1, 0.15) is 22.7 Å². The third-order valence-corrected chi connectivity index (χ3v) is 3.30. The van der Waals surface area contributed by atoms with Crippen molar-refractivity contribution >= 4 is 0 Å². The van der Waals surface area contributed by atoms with Crippen LogP contribution in [0.15, 0.2) is 48.0 Å². The number of nitrogens with one attached hydrogen (secondary N) is 1. The molecule has 5 nitrogen and oxygen atoms in total. The summed E-state index contributed by atoms with van der Waals surface area (Å²) in [6, 6.07) is 13.0. The Kier molecular flexibility index (Phi) is 2.67. The maximum Gasteiger partial charge on any atom is 0.205 e. The molecule has 0 fully saturated rings. The zero-order chi connectivity index (χ0) is 14.1. The van der Waals surface area contributed by atoms with E-state index < -0.39 is 0 Å². The summed E-state index contributed by atoms with van der Waals surface area (Å²) in [6.07, 6.45) is 1.74. The number of nitrogens with two attached hydrogens (primary N) is 1. The van der Waals surface area contributed by atoms with Gasteiger partial charge in [-0.25, -0.2) is 0 Å². The van der Waals surface area contributed by atoms with Gasteiger partial charge < -0.3 is 15.5 Å². The first-order chi connectivity index (χ1) is 9.74. The van der Waals surface area contributed by atoms with E-state index in [-0.39, 0.29) is 11.8 Å². The third kappa shape index (κ3) is 1.70. The maximum atomic E-state index is 9.32. The zero-order valence-corrected chi connectivity index (χ0v) is 10.4. The molecule has 0 radical (unpaired) electrons. The molecule has 3 N–H and O–H groups in total. The van der Waals surface area contributed by atoms with Crippen molar-refractivity contribution in [3.63, 3.8) is 0 Å². The van der Waals surface area contributed by atoms with Gasteiger partial charge in [0.1, 0.15) is 11.6 Å². The molecule has 20 heavy (non-hydrogen) atoms. The van der Waals surface area contributed by atoms with Crippen LogP contribution in [0.3, 0.4) is 0 Å². The molecule has 3 rings (SSSR count). The van der Waals surface area contributed by atoms with Crippen molar-refractivity contribution in [3.05, 3.63) is 64.8 Å². The maximum absolute atomic E-state index is 9.32. The normalized spacial score (nSPS) is 16.8. The number of fused-ring (bicyclic) bond motifs is 1. The lowest BCUT2D eigenvalue weighted by atomic mass is 9.87. The van der Waals surface area contributed by atoms with Gasteiger partial charge in [0, 0.05) is 6.20 Å². The fourth-order valence-corrected chi connectivity index (χ4v) is 2.35. The number of aromatic amines is 1. The summed E-state index contributed by atoms with van der Waals surface area (Å²) < 4.78 is 5.42. The molecular formula is C15H10N4O. The topological polar surface area (TPSA) is 98.6 Å². The molecule has 2 heterocycles. The number of hydrogen-bond donors (Lipinski definition) is 2. The molecule has 0 saturated heterocycles. The lowest BCUT2D eigenvalue weighted by Gasteiger charge is -2.23. The molecule has 0 amide bonds. The quantitative estimate of drug-likeness (QED) is 0.822. The summed E-state index contributed by atoms with van der Waals surface area (Å²) in [6.45, 7) is 0. The first-order valence-corrected chi connectivity index (χ1v) is 5.99. The van der Waals surface area contributed by atoms with E-state index in [2.05, 4.69) is 17.1 Å².